The summed E-state index contributed by atoms with van der Waals surface area (Å²) in [6.07, 6.45) is 2.25. The van der Waals surface area contributed by atoms with Gasteiger partial charge in [0.25, 0.3) is 0 Å². The van der Waals surface area contributed by atoms with Crippen molar-refractivity contribution in [2.45, 2.75) is 50.2 Å². The van der Waals surface area contributed by atoms with Crippen LogP contribution in [0, 0.1) is 0 Å². The van der Waals surface area contributed by atoms with Crippen molar-refractivity contribution in [3.63, 3.8) is 0 Å². The standard InChI is InChI=1S/C15H22O3S/c1-4-5-10-19(16)13-8-6-12(7-9-13)18-15(2,3)14-11-17-14/h6-9,14H,4-5,10-11H2,1-3H3. The highest BCUT2D eigenvalue weighted by atomic mass is 32.2. The van der Waals surface area contributed by atoms with Crippen molar-refractivity contribution in [3.8, 4) is 5.75 Å². The van der Waals surface area contributed by atoms with Crippen molar-refractivity contribution in [2.24, 2.45) is 0 Å². The number of hydrogen-bond acceptors (Lipinski definition) is 3. The first kappa shape index (κ1) is 14.5. The van der Waals surface area contributed by atoms with Crippen molar-refractivity contribution in [3.05, 3.63) is 24.3 Å². The molecular formula is C15H22O3S. The first-order chi connectivity index (χ1) is 9.03. The number of unbranched alkanes of at least 4 members (excludes halogenated alkanes) is 1. The minimum atomic E-state index is -0.891. The molecule has 1 aromatic rings. The zero-order valence-corrected chi connectivity index (χ0v) is 12.7. The van der Waals surface area contributed by atoms with Gasteiger partial charge in [-0.1, -0.05) is 13.3 Å². The molecule has 1 aliphatic heterocycles. The summed E-state index contributed by atoms with van der Waals surface area (Å²) in [7, 11) is -0.891. The summed E-state index contributed by atoms with van der Waals surface area (Å²) in [6, 6.07) is 7.57. The van der Waals surface area contributed by atoms with E-state index in [1.807, 2.05) is 38.1 Å². The zero-order valence-electron chi connectivity index (χ0n) is 11.8. The van der Waals surface area contributed by atoms with Gasteiger partial charge >= 0.3 is 0 Å². The van der Waals surface area contributed by atoms with E-state index in [-0.39, 0.29) is 11.7 Å². The van der Waals surface area contributed by atoms with E-state index >= 15 is 0 Å². The van der Waals surface area contributed by atoms with Gasteiger partial charge in [0.2, 0.25) is 0 Å². The number of ether oxygens (including phenoxy) is 2. The Morgan fingerprint density at radius 1 is 1.37 bits per heavy atom. The lowest BCUT2D eigenvalue weighted by Crippen LogP contribution is -2.34. The second-order valence-corrected chi connectivity index (χ2v) is 6.97. The minimum Gasteiger partial charge on any atom is -0.485 e. The average Bonchev–Trinajstić information content (AvgIpc) is 3.21. The quantitative estimate of drug-likeness (QED) is 0.721. The van der Waals surface area contributed by atoms with Gasteiger partial charge in [-0.05, 0) is 44.5 Å². The fourth-order valence-corrected chi connectivity index (χ4v) is 3.10. The fourth-order valence-electron chi connectivity index (χ4n) is 1.87. The Kier molecular flexibility index (Phi) is 4.63. The van der Waals surface area contributed by atoms with Gasteiger partial charge in [0.1, 0.15) is 17.5 Å². The van der Waals surface area contributed by atoms with Gasteiger partial charge in [0.05, 0.1) is 17.4 Å². The average molecular weight is 282 g/mol. The molecule has 106 valence electrons. The molecule has 2 unspecified atom stereocenters. The third-order valence-corrected chi connectivity index (χ3v) is 4.72. The number of benzene rings is 1. The Balaban J connectivity index is 1.96. The van der Waals surface area contributed by atoms with Gasteiger partial charge in [-0.25, -0.2) is 0 Å². The molecule has 2 atom stereocenters. The fraction of sp³-hybridized carbons (Fsp3) is 0.600. The molecule has 1 aliphatic rings. The number of epoxide rings is 1. The maximum absolute atomic E-state index is 12.0. The van der Waals surface area contributed by atoms with E-state index in [1.165, 1.54) is 0 Å². The molecule has 19 heavy (non-hydrogen) atoms. The van der Waals surface area contributed by atoms with Crippen LogP contribution in [0.3, 0.4) is 0 Å². The SMILES string of the molecule is CCCCS(=O)c1ccc(OC(C)(C)C2CO2)cc1. The first-order valence-electron chi connectivity index (χ1n) is 6.82. The smallest absolute Gasteiger partial charge is 0.132 e. The van der Waals surface area contributed by atoms with Crippen molar-refractivity contribution in [1.82, 2.24) is 0 Å². The Morgan fingerprint density at radius 2 is 2.00 bits per heavy atom. The highest BCUT2D eigenvalue weighted by Gasteiger charge is 2.41. The number of hydrogen-bond donors (Lipinski definition) is 0. The molecule has 0 radical (unpaired) electrons. The van der Waals surface area contributed by atoms with Crippen LogP contribution >= 0.6 is 0 Å². The Morgan fingerprint density at radius 3 is 2.53 bits per heavy atom. The highest BCUT2D eigenvalue weighted by molar-refractivity contribution is 7.85. The summed E-state index contributed by atoms with van der Waals surface area (Å²) in [6.45, 7) is 6.93. The Hall–Kier alpha value is -0.870. The van der Waals surface area contributed by atoms with Crippen LogP contribution in [0.1, 0.15) is 33.6 Å². The Labute approximate surface area is 117 Å². The molecule has 1 aromatic carbocycles. The molecule has 0 bridgehead atoms. The van der Waals surface area contributed by atoms with Crippen LogP contribution < -0.4 is 4.74 Å². The number of rotatable bonds is 7. The molecule has 0 N–H and O–H groups in total. The first-order valence-corrected chi connectivity index (χ1v) is 8.14. The highest BCUT2D eigenvalue weighted by Crippen LogP contribution is 2.29. The molecule has 0 aliphatic carbocycles. The predicted molar refractivity (Wildman–Crippen MR) is 77.1 cm³/mol. The van der Waals surface area contributed by atoms with Crippen molar-refractivity contribution in [2.75, 3.05) is 12.4 Å². The van der Waals surface area contributed by atoms with E-state index in [9.17, 15) is 4.21 Å². The third-order valence-electron chi connectivity index (χ3n) is 3.26. The molecular weight excluding hydrogens is 260 g/mol. The summed E-state index contributed by atoms with van der Waals surface area (Å²) in [4.78, 5) is 0.876. The van der Waals surface area contributed by atoms with Crippen LogP contribution in [0.15, 0.2) is 29.2 Å². The molecule has 1 saturated heterocycles. The lowest BCUT2D eigenvalue weighted by Gasteiger charge is -2.24. The third kappa shape index (κ3) is 4.05. The molecule has 2 rings (SSSR count). The molecule has 0 saturated carbocycles. The zero-order chi connectivity index (χ0) is 13.9. The monoisotopic (exact) mass is 282 g/mol. The second kappa shape index (κ2) is 6.06. The molecule has 0 amide bonds. The van der Waals surface area contributed by atoms with Gasteiger partial charge < -0.3 is 9.47 Å². The van der Waals surface area contributed by atoms with Crippen LogP contribution in [0.4, 0.5) is 0 Å². The van der Waals surface area contributed by atoms with E-state index in [1.54, 1.807) is 0 Å². The Bertz CT molecular complexity index is 435. The van der Waals surface area contributed by atoms with Crippen LogP contribution in [0.2, 0.25) is 0 Å². The van der Waals surface area contributed by atoms with Gasteiger partial charge in [0, 0.05) is 10.6 Å². The maximum atomic E-state index is 12.0. The van der Waals surface area contributed by atoms with E-state index in [4.69, 9.17) is 9.47 Å². The van der Waals surface area contributed by atoms with Crippen LogP contribution in [0.25, 0.3) is 0 Å². The van der Waals surface area contributed by atoms with Gasteiger partial charge in [-0.2, -0.15) is 0 Å². The maximum Gasteiger partial charge on any atom is 0.132 e. The summed E-state index contributed by atoms with van der Waals surface area (Å²) in [5.41, 5.74) is -0.303. The summed E-state index contributed by atoms with van der Waals surface area (Å²) < 4.78 is 23.2. The molecule has 1 heterocycles. The van der Waals surface area contributed by atoms with Crippen molar-refractivity contribution < 1.29 is 13.7 Å². The molecule has 3 nitrogen and oxygen atoms in total. The molecule has 1 fully saturated rings. The van der Waals surface area contributed by atoms with E-state index in [2.05, 4.69) is 6.92 Å². The van der Waals surface area contributed by atoms with Crippen molar-refractivity contribution >= 4 is 10.8 Å². The van der Waals surface area contributed by atoms with Gasteiger partial charge in [-0.3, -0.25) is 4.21 Å². The second-order valence-electron chi connectivity index (χ2n) is 5.40. The topological polar surface area (TPSA) is 38.8 Å². The molecule has 0 spiro atoms. The lowest BCUT2D eigenvalue weighted by molar-refractivity contribution is 0.0744. The summed E-state index contributed by atoms with van der Waals surface area (Å²) in [5.74, 6) is 1.54. The normalized spacial score (nSPS) is 20.1. The van der Waals surface area contributed by atoms with Crippen LogP contribution in [-0.4, -0.2) is 28.3 Å². The lowest BCUT2D eigenvalue weighted by atomic mass is 10.1. The molecule has 4 heteroatoms. The van der Waals surface area contributed by atoms with Gasteiger partial charge in [-0.15, -0.1) is 0 Å². The van der Waals surface area contributed by atoms with Gasteiger partial charge in [0.15, 0.2) is 0 Å². The summed E-state index contributed by atoms with van der Waals surface area (Å²) >= 11 is 0. The van der Waals surface area contributed by atoms with E-state index in [0.717, 1.165) is 35.8 Å². The minimum absolute atomic E-state index is 0.186. The van der Waals surface area contributed by atoms with E-state index < -0.39 is 10.8 Å². The van der Waals surface area contributed by atoms with E-state index in [0.29, 0.717) is 0 Å². The van der Waals surface area contributed by atoms with Crippen LogP contribution in [0.5, 0.6) is 5.75 Å². The molecule has 0 aromatic heterocycles. The van der Waals surface area contributed by atoms with Crippen molar-refractivity contribution in [1.29, 1.82) is 0 Å². The summed E-state index contributed by atoms with van der Waals surface area (Å²) in [5, 5.41) is 0. The largest absolute Gasteiger partial charge is 0.485 e. The predicted octanol–water partition coefficient (Wildman–Crippen LogP) is 3.15. The van der Waals surface area contributed by atoms with Crippen LogP contribution in [-0.2, 0) is 15.5 Å².